The molecule has 0 bridgehead atoms. The molecule has 2 N–H and O–H groups in total. The molecule has 0 aliphatic carbocycles. The highest BCUT2D eigenvalue weighted by molar-refractivity contribution is 7.92. The Labute approximate surface area is 216 Å². The smallest absolute Gasteiger partial charge is 0.314 e. The van der Waals surface area contributed by atoms with Crippen LogP contribution in [0.25, 0.3) is 33.5 Å². The summed E-state index contributed by atoms with van der Waals surface area (Å²) >= 11 is 6.47. The summed E-state index contributed by atoms with van der Waals surface area (Å²) < 4.78 is 54.9. The maximum Gasteiger partial charge on any atom is 0.314 e. The van der Waals surface area contributed by atoms with Gasteiger partial charge in [-0.3, -0.25) is 0 Å². The Morgan fingerprint density at radius 2 is 1.76 bits per heavy atom. The van der Waals surface area contributed by atoms with Gasteiger partial charge in [0.25, 0.3) is 6.01 Å². The number of imidazole rings is 1. The van der Waals surface area contributed by atoms with Crippen LogP contribution in [0.4, 0.5) is 14.5 Å². The third-order valence-electron chi connectivity index (χ3n) is 5.82. The Morgan fingerprint density at radius 3 is 2.35 bits per heavy atom. The van der Waals surface area contributed by atoms with Gasteiger partial charge in [0.15, 0.2) is 11.8 Å². The lowest BCUT2D eigenvalue weighted by Crippen LogP contribution is -2.43. The molecule has 1 fully saturated rings. The van der Waals surface area contributed by atoms with Crippen molar-refractivity contribution in [3.63, 3.8) is 0 Å². The third kappa shape index (κ3) is 5.30. The van der Waals surface area contributed by atoms with Crippen LogP contribution in [-0.4, -0.2) is 68.1 Å². The second kappa shape index (κ2) is 9.64. The first-order chi connectivity index (χ1) is 17.5. The molecule has 12 heteroatoms. The van der Waals surface area contributed by atoms with Crippen LogP contribution >= 0.6 is 11.6 Å². The SMILES string of the molecule is CS(C)(=O)=Nc1ccc(-c2ccc(-c3nc4nc(O[C@@H]5CO[C@H](CO)C5(F)F)[nH]c4cc3Cl)cc2)cc1. The fourth-order valence-corrected chi connectivity index (χ4v) is 4.89. The van der Waals surface area contributed by atoms with E-state index in [9.17, 15) is 13.0 Å². The minimum atomic E-state index is -3.37. The number of nitrogens with one attached hydrogen (secondary N) is 1. The summed E-state index contributed by atoms with van der Waals surface area (Å²) in [4.78, 5) is 11.5. The highest BCUT2D eigenvalue weighted by atomic mass is 35.5. The van der Waals surface area contributed by atoms with Crippen molar-refractivity contribution >= 4 is 38.2 Å². The van der Waals surface area contributed by atoms with E-state index in [1.54, 1.807) is 18.6 Å². The first-order valence-electron chi connectivity index (χ1n) is 11.2. The van der Waals surface area contributed by atoms with Crippen LogP contribution < -0.4 is 4.74 Å². The zero-order chi connectivity index (χ0) is 26.4. The molecule has 1 aliphatic rings. The van der Waals surface area contributed by atoms with Gasteiger partial charge in [0.2, 0.25) is 0 Å². The van der Waals surface area contributed by atoms with Gasteiger partial charge in [-0.25, -0.2) is 9.19 Å². The van der Waals surface area contributed by atoms with Gasteiger partial charge >= 0.3 is 5.92 Å². The van der Waals surface area contributed by atoms with Crippen molar-refractivity contribution in [3.8, 4) is 28.4 Å². The van der Waals surface area contributed by atoms with Crippen molar-refractivity contribution in [1.29, 1.82) is 0 Å². The molecule has 37 heavy (non-hydrogen) atoms. The van der Waals surface area contributed by atoms with Crippen molar-refractivity contribution in [1.82, 2.24) is 15.0 Å². The number of H-pyrrole nitrogens is 1. The Morgan fingerprint density at radius 1 is 1.14 bits per heavy atom. The minimum absolute atomic E-state index is 0.143. The topological polar surface area (TPSA) is 110 Å². The van der Waals surface area contributed by atoms with E-state index in [0.29, 0.717) is 21.9 Å². The molecular weight excluding hydrogens is 526 g/mol. The van der Waals surface area contributed by atoms with E-state index < -0.39 is 34.5 Å². The number of benzene rings is 2. The van der Waals surface area contributed by atoms with E-state index in [4.69, 9.17) is 26.2 Å². The lowest BCUT2D eigenvalue weighted by molar-refractivity contribution is -0.118. The lowest BCUT2D eigenvalue weighted by Gasteiger charge is -2.20. The first-order valence-corrected chi connectivity index (χ1v) is 14.0. The fourth-order valence-electron chi connectivity index (χ4n) is 4.00. The maximum absolute atomic E-state index is 14.3. The average Bonchev–Trinajstić information content (AvgIpc) is 3.36. The highest BCUT2D eigenvalue weighted by Crippen LogP contribution is 2.35. The van der Waals surface area contributed by atoms with Crippen molar-refractivity contribution in [2.24, 2.45) is 4.36 Å². The summed E-state index contributed by atoms with van der Waals surface area (Å²) in [6.45, 7) is -1.19. The van der Waals surface area contributed by atoms with Gasteiger partial charge in [-0.2, -0.15) is 18.1 Å². The largest absolute Gasteiger partial charge is 0.452 e. The van der Waals surface area contributed by atoms with E-state index >= 15 is 0 Å². The second-order valence-electron chi connectivity index (χ2n) is 8.91. The number of rotatable bonds is 6. The summed E-state index contributed by atoms with van der Waals surface area (Å²) in [5.74, 6) is -3.37. The van der Waals surface area contributed by atoms with Gasteiger partial charge in [-0.15, -0.1) is 0 Å². The molecule has 0 unspecified atom stereocenters. The first kappa shape index (κ1) is 25.5. The molecule has 0 radical (unpaired) electrons. The number of aliphatic hydroxyl groups excluding tert-OH is 1. The predicted octanol–water partition coefficient (Wildman–Crippen LogP) is 5.08. The standard InChI is InChI=1S/C25H23ClF2N4O4S/c1-37(2,34)32-17-9-7-15(8-10-17)14-3-5-16(6-4-14)22-18(26)11-19-23(30-22)31-24(29-19)36-21-13-35-20(12-33)25(21,27)28/h3-11,20-21,33H,12-13H2,1-2H3,(H,29,30,31)/t20-,21-/m1/s1. The van der Waals surface area contributed by atoms with Crippen LogP contribution in [0.15, 0.2) is 59.0 Å². The Hall–Kier alpha value is -3.12. The quantitative estimate of drug-likeness (QED) is 0.348. The van der Waals surface area contributed by atoms with Crippen LogP contribution in [0.3, 0.4) is 0 Å². The van der Waals surface area contributed by atoms with Gasteiger partial charge in [0.1, 0.15) is 6.10 Å². The molecular formula is C25H23ClF2N4O4S. The number of alkyl halides is 2. The number of ether oxygens (including phenoxy) is 2. The number of fused-ring (bicyclic) bond motifs is 1. The molecule has 8 nitrogen and oxygen atoms in total. The summed E-state index contributed by atoms with van der Waals surface area (Å²) in [6, 6.07) is 16.5. The number of pyridine rings is 1. The molecule has 2 atom stereocenters. The minimum Gasteiger partial charge on any atom is -0.452 e. The summed E-state index contributed by atoms with van der Waals surface area (Å²) in [7, 11) is -2.23. The molecule has 0 saturated carbocycles. The van der Waals surface area contributed by atoms with Crippen LogP contribution in [-0.2, 0) is 14.5 Å². The molecule has 5 rings (SSSR count). The second-order valence-corrected chi connectivity index (χ2v) is 11.9. The molecule has 194 valence electrons. The van der Waals surface area contributed by atoms with Crippen molar-refractivity contribution in [2.45, 2.75) is 18.1 Å². The zero-order valence-corrected chi connectivity index (χ0v) is 21.4. The fraction of sp³-hybridized carbons (Fsp3) is 0.280. The van der Waals surface area contributed by atoms with E-state index in [2.05, 4.69) is 19.3 Å². The van der Waals surface area contributed by atoms with Gasteiger partial charge in [0, 0.05) is 27.8 Å². The van der Waals surface area contributed by atoms with Crippen LogP contribution in [0.1, 0.15) is 0 Å². The third-order valence-corrected chi connectivity index (χ3v) is 6.75. The van der Waals surface area contributed by atoms with Crippen molar-refractivity contribution < 1.29 is 27.6 Å². The number of aliphatic hydroxyl groups is 1. The molecule has 2 aromatic heterocycles. The predicted molar refractivity (Wildman–Crippen MR) is 138 cm³/mol. The molecule has 0 amide bonds. The van der Waals surface area contributed by atoms with Crippen LogP contribution in [0, 0.1) is 0 Å². The van der Waals surface area contributed by atoms with Crippen LogP contribution in [0.2, 0.25) is 5.02 Å². The number of hydrogen-bond donors (Lipinski definition) is 2. The number of halogens is 3. The summed E-state index contributed by atoms with van der Waals surface area (Å²) in [5, 5.41) is 9.42. The van der Waals surface area contributed by atoms with E-state index in [1.807, 2.05) is 48.5 Å². The zero-order valence-electron chi connectivity index (χ0n) is 19.8. The number of hydrogen-bond acceptors (Lipinski definition) is 7. The molecule has 3 heterocycles. The lowest BCUT2D eigenvalue weighted by atomic mass is 10.0. The number of aromatic amines is 1. The Balaban J connectivity index is 1.37. The Bertz CT molecular complexity index is 1560. The van der Waals surface area contributed by atoms with Gasteiger partial charge in [-0.05, 0) is 29.3 Å². The maximum atomic E-state index is 14.3. The van der Waals surface area contributed by atoms with Crippen molar-refractivity contribution in [2.75, 3.05) is 25.7 Å². The van der Waals surface area contributed by atoms with E-state index in [0.717, 1.165) is 16.7 Å². The molecule has 1 saturated heterocycles. The molecule has 0 spiro atoms. The molecule has 2 aromatic carbocycles. The molecule has 1 aliphatic heterocycles. The Kier molecular flexibility index (Phi) is 6.65. The number of nitrogens with zero attached hydrogens (tertiary/aromatic N) is 3. The highest BCUT2D eigenvalue weighted by Gasteiger charge is 2.55. The number of aromatic nitrogens is 3. The van der Waals surface area contributed by atoms with E-state index in [1.165, 1.54) is 0 Å². The van der Waals surface area contributed by atoms with Gasteiger partial charge in [-0.1, -0.05) is 48.0 Å². The molecule has 4 aromatic rings. The van der Waals surface area contributed by atoms with Gasteiger partial charge in [0.05, 0.1) is 35.1 Å². The monoisotopic (exact) mass is 548 g/mol. The summed E-state index contributed by atoms with van der Waals surface area (Å²) in [5.41, 5.74) is 4.47. The van der Waals surface area contributed by atoms with Crippen molar-refractivity contribution in [3.05, 3.63) is 59.6 Å². The average molecular weight is 549 g/mol. The summed E-state index contributed by atoms with van der Waals surface area (Å²) in [6.07, 6.45) is -0.0431. The van der Waals surface area contributed by atoms with E-state index in [-0.39, 0.29) is 18.3 Å². The van der Waals surface area contributed by atoms with Crippen LogP contribution in [0.5, 0.6) is 6.01 Å². The van der Waals surface area contributed by atoms with Gasteiger partial charge < -0.3 is 19.6 Å². The normalized spacial score (nSPS) is 19.3.